The summed E-state index contributed by atoms with van der Waals surface area (Å²) in [5.41, 5.74) is 6.76. The standard InChI is InChI=1S/C13H21N3O3S/c1-16(2)20(18,19)9-8-15-13(17)12(14)10-11-6-4-3-5-7-11/h3-7,12H,8-10,14H2,1-2H3,(H,15,17)/t12-/m1/s1. The van der Waals surface area contributed by atoms with Gasteiger partial charge >= 0.3 is 0 Å². The molecule has 0 saturated carbocycles. The lowest BCUT2D eigenvalue weighted by atomic mass is 10.1. The number of nitrogens with zero attached hydrogens (tertiary/aromatic N) is 1. The first-order valence-corrected chi connectivity index (χ1v) is 7.91. The van der Waals surface area contributed by atoms with Gasteiger partial charge in [0.25, 0.3) is 0 Å². The molecule has 112 valence electrons. The summed E-state index contributed by atoms with van der Waals surface area (Å²) in [5.74, 6) is -0.480. The molecule has 0 heterocycles. The Labute approximate surface area is 120 Å². The van der Waals surface area contributed by atoms with E-state index < -0.39 is 16.1 Å². The number of sulfonamides is 1. The molecular weight excluding hydrogens is 278 g/mol. The van der Waals surface area contributed by atoms with Crippen LogP contribution >= 0.6 is 0 Å². The third-order valence-electron chi connectivity index (χ3n) is 2.85. The number of amides is 1. The quantitative estimate of drug-likeness (QED) is 0.714. The topological polar surface area (TPSA) is 92.5 Å². The van der Waals surface area contributed by atoms with Crippen molar-refractivity contribution in [2.45, 2.75) is 12.5 Å². The predicted octanol–water partition coefficient (Wildman–Crippen LogP) is -0.436. The fourth-order valence-electron chi connectivity index (χ4n) is 1.58. The summed E-state index contributed by atoms with van der Waals surface area (Å²) < 4.78 is 24.2. The number of carbonyl (C=O) groups is 1. The molecule has 0 aliphatic rings. The molecular formula is C13H21N3O3S. The minimum absolute atomic E-state index is 0.0574. The Morgan fingerprint density at radius 3 is 2.45 bits per heavy atom. The van der Waals surface area contributed by atoms with Gasteiger partial charge in [0.1, 0.15) is 0 Å². The molecule has 1 amide bonds. The molecule has 1 aromatic rings. The number of hydrogen-bond acceptors (Lipinski definition) is 4. The lowest BCUT2D eigenvalue weighted by Gasteiger charge is -2.14. The fourth-order valence-corrected chi connectivity index (χ4v) is 2.30. The first kappa shape index (κ1) is 16.6. The summed E-state index contributed by atoms with van der Waals surface area (Å²) in [7, 11) is -0.387. The van der Waals surface area contributed by atoms with E-state index in [1.165, 1.54) is 14.1 Å². The van der Waals surface area contributed by atoms with E-state index in [0.29, 0.717) is 6.42 Å². The zero-order valence-corrected chi connectivity index (χ0v) is 12.6. The van der Waals surface area contributed by atoms with Crippen LogP contribution in [0.1, 0.15) is 5.56 Å². The van der Waals surface area contributed by atoms with Crippen LogP contribution in [0.2, 0.25) is 0 Å². The molecule has 1 rings (SSSR count). The second-order valence-corrected chi connectivity index (χ2v) is 6.99. The molecule has 20 heavy (non-hydrogen) atoms. The van der Waals surface area contributed by atoms with Crippen molar-refractivity contribution in [3.8, 4) is 0 Å². The highest BCUT2D eigenvalue weighted by molar-refractivity contribution is 7.89. The van der Waals surface area contributed by atoms with E-state index in [-0.39, 0.29) is 18.2 Å². The summed E-state index contributed by atoms with van der Waals surface area (Å²) in [6, 6.07) is 8.75. The number of rotatable bonds is 7. The molecule has 0 aliphatic carbocycles. The van der Waals surface area contributed by atoms with Gasteiger partial charge < -0.3 is 11.1 Å². The maximum absolute atomic E-state index is 11.8. The molecule has 6 nitrogen and oxygen atoms in total. The molecule has 0 radical (unpaired) electrons. The SMILES string of the molecule is CN(C)S(=O)(=O)CCNC(=O)[C@H](N)Cc1ccccc1. The summed E-state index contributed by atoms with van der Waals surface area (Å²) in [6.45, 7) is 0.0574. The van der Waals surface area contributed by atoms with Crippen LogP contribution < -0.4 is 11.1 Å². The van der Waals surface area contributed by atoms with Gasteiger partial charge in [-0.3, -0.25) is 4.79 Å². The Balaban J connectivity index is 2.40. The highest BCUT2D eigenvalue weighted by Crippen LogP contribution is 2.01. The molecule has 7 heteroatoms. The maximum atomic E-state index is 11.8. The molecule has 1 aromatic carbocycles. The lowest BCUT2D eigenvalue weighted by molar-refractivity contribution is -0.122. The third kappa shape index (κ3) is 5.28. The molecule has 3 N–H and O–H groups in total. The van der Waals surface area contributed by atoms with Crippen molar-refractivity contribution in [2.75, 3.05) is 26.4 Å². The lowest BCUT2D eigenvalue weighted by Crippen LogP contribution is -2.44. The molecule has 1 atom stereocenters. The van der Waals surface area contributed by atoms with Gasteiger partial charge in [-0.25, -0.2) is 12.7 Å². The minimum atomic E-state index is -3.30. The van der Waals surface area contributed by atoms with Crippen LogP contribution in [0.25, 0.3) is 0 Å². The number of carbonyl (C=O) groups excluding carboxylic acids is 1. The molecule has 0 unspecified atom stereocenters. The average Bonchev–Trinajstić information content (AvgIpc) is 2.39. The summed E-state index contributed by atoms with van der Waals surface area (Å²) in [6.07, 6.45) is 0.424. The van der Waals surface area contributed by atoms with E-state index in [1.807, 2.05) is 30.3 Å². The highest BCUT2D eigenvalue weighted by atomic mass is 32.2. The van der Waals surface area contributed by atoms with Gasteiger partial charge in [0, 0.05) is 20.6 Å². The monoisotopic (exact) mass is 299 g/mol. The predicted molar refractivity (Wildman–Crippen MR) is 78.6 cm³/mol. The van der Waals surface area contributed by atoms with Gasteiger partial charge in [0.05, 0.1) is 11.8 Å². The smallest absolute Gasteiger partial charge is 0.237 e. The van der Waals surface area contributed by atoms with E-state index in [4.69, 9.17) is 5.73 Å². The van der Waals surface area contributed by atoms with Crippen LogP contribution in [-0.4, -0.2) is 51.1 Å². The fraction of sp³-hybridized carbons (Fsp3) is 0.462. The van der Waals surface area contributed by atoms with Gasteiger partial charge in [-0.15, -0.1) is 0 Å². The largest absolute Gasteiger partial charge is 0.354 e. The summed E-state index contributed by atoms with van der Waals surface area (Å²) >= 11 is 0. The molecule has 0 aromatic heterocycles. The zero-order valence-electron chi connectivity index (χ0n) is 11.7. The van der Waals surface area contributed by atoms with E-state index >= 15 is 0 Å². The Morgan fingerprint density at radius 2 is 1.90 bits per heavy atom. The van der Waals surface area contributed by atoms with Crippen LogP contribution in [0.4, 0.5) is 0 Å². The first-order valence-electron chi connectivity index (χ1n) is 6.30. The maximum Gasteiger partial charge on any atom is 0.237 e. The Morgan fingerprint density at radius 1 is 1.30 bits per heavy atom. The van der Waals surface area contributed by atoms with E-state index in [2.05, 4.69) is 5.32 Å². The number of hydrogen-bond donors (Lipinski definition) is 2. The molecule has 0 saturated heterocycles. The molecule has 0 bridgehead atoms. The summed E-state index contributed by atoms with van der Waals surface area (Å²) in [4.78, 5) is 11.8. The van der Waals surface area contributed by atoms with Crippen LogP contribution in [0.15, 0.2) is 30.3 Å². The molecule has 0 fully saturated rings. The van der Waals surface area contributed by atoms with Crippen LogP contribution in [0.5, 0.6) is 0 Å². The van der Waals surface area contributed by atoms with Crippen molar-refractivity contribution in [1.29, 1.82) is 0 Å². The molecule has 0 aliphatic heterocycles. The Hall–Kier alpha value is -1.44. The second-order valence-electron chi connectivity index (χ2n) is 4.69. The highest BCUT2D eigenvalue weighted by Gasteiger charge is 2.16. The minimum Gasteiger partial charge on any atom is -0.354 e. The van der Waals surface area contributed by atoms with E-state index in [0.717, 1.165) is 9.87 Å². The summed E-state index contributed by atoms with van der Waals surface area (Å²) in [5, 5.41) is 2.54. The van der Waals surface area contributed by atoms with Crippen LogP contribution in [0.3, 0.4) is 0 Å². The normalized spacial score (nSPS) is 13.2. The van der Waals surface area contributed by atoms with Crippen molar-refractivity contribution < 1.29 is 13.2 Å². The van der Waals surface area contributed by atoms with Gasteiger partial charge in [-0.2, -0.15) is 0 Å². The van der Waals surface area contributed by atoms with Gasteiger partial charge in [-0.05, 0) is 12.0 Å². The van der Waals surface area contributed by atoms with Crippen LogP contribution in [-0.2, 0) is 21.2 Å². The van der Waals surface area contributed by atoms with Gasteiger partial charge in [-0.1, -0.05) is 30.3 Å². The van der Waals surface area contributed by atoms with Gasteiger partial charge in [0.15, 0.2) is 0 Å². The molecule has 0 spiro atoms. The van der Waals surface area contributed by atoms with Crippen molar-refractivity contribution in [3.05, 3.63) is 35.9 Å². The average molecular weight is 299 g/mol. The van der Waals surface area contributed by atoms with E-state index in [1.54, 1.807) is 0 Å². The van der Waals surface area contributed by atoms with Crippen LogP contribution in [0, 0.1) is 0 Å². The van der Waals surface area contributed by atoms with E-state index in [9.17, 15) is 13.2 Å². The Kier molecular flexibility index (Phi) is 6.12. The number of nitrogens with one attached hydrogen (secondary N) is 1. The Bertz CT molecular complexity index is 529. The first-order chi connectivity index (χ1) is 9.33. The van der Waals surface area contributed by atoms with Crippen molar-refractivity contribution in [1.82, 2.24) is 9.62 Å². The van der Waals surface area contributed by atoms with Crippen molar-refractivity contribution >= 4 is 15.9 Å². The second kappa shape index (κ2) is 7.37. The number of benzene rings is 1. The van der Waals surface area contributed by atoms with Crippen molar-refractivity contribution in [3.63, 3.8) is 0 Å². The third-order valence-corrected chi connectivity index (χ3v) is 4.68. The number of nitrogens with two attached hydrogens (primary N) is 1. The van der Waals surface area contributed by atoms with Crippen molar-refractivity contribution in [2.24, 2.45) is 5.73 Å². The van der Waals surface area contributed by atoms with Gasteiger partial charge in [0.2, 0.25) is 15.9 Å². The zero-order chi connectivity index (χ0) is 15.2.